The van der Waals surface area contributed by atoms with E-state index in [1.54, 1.807) is 0 Å². The molecule has 4 heteroatoms. The van der Waals surface area contributed by atoms with Gasteiger partial charge in [-0.25, -0.2) is 9.97 Å². The smallest absolute Gasteiger partial charge is 0.231 e. The second-order valence-corrected chi connectivity index (χ2v) is 12.2. The molecule has 1 aliphatic heterocycles. The van der Waals surface area contributed by atoms with Crippen molar-refractivity contribution in [3.8, 4) is 16.9 Å². The molecule has 3 heterocycles. The Balaban J connectivity index is 1.35. The predicted molar refractivity (Wildman–Crippen MR) is 189 cm³/mol. The first kappa shape index (κ1) is 25.3. The van der Waals surface area contributed by atoms with Crippen molar-refractivity contribution >= 4 is 50.4 Å². The predicted octanol–water partition coefficient (Wildman–Crippen LogP) is 10.1. The number of benzene rings is 6. The molecule has 0 amide bonds. The first-order chi connectivity index (χ1) is 22.8. The highest BCUT2D eigenvalue weighted by molar-refractivity contribution is 6.15. The van der Waals surface area contributed by atoms with E-state index in [0.717, 1.165) is 27.8 Å². The van der Waals surface area contributed by atoms with E-state index in [1.807, 2.05) is 0 Å². The van der Waals surface area contributed by atoms with E-state index in [0.29, 0.717) is 5.95 Å². The summed E-state index contributed by atoms with van der Waals surface area (Å²) in [6, 6.07) is 51.8. The van der Waals surface area contributed by atoms with Crippen LogP contribution in [0, 0.1) is 0 Å². The minimum Gasteiger partial charge on any atom is -0.307 e. The van der Waals surface area contributed by atoms with Crippen LogP contribution in [0.3, 0.4) is 0 Å². The van der Waals surface area contributed by atoms with Crippen molar-refractivity contribution in [3.05, 3.63) is 168 Å². The van der Waals surface area contributed by atoms with Gasteiger partial charge >= 0.3 is 0 Å². The highest BCUT2D eigenvalue weighted by Gasteiger charge is 2.44. The molecule has 2 unspecified atom stereocenters. The molecule has 0 radical (unpaired) electrons. The molecule has 0 bridgehead atoms. The Hall–Kier alpha value is -6.00. The van der Waals surface area contributed by atoms with Crippen molar-refractivity contribution in [3.63, 3.8) is 0 Å². The SMILES string of the molecule is C1=CC2C(c3ccccc31)c1ccc3c4ccccc4n(-c4ccccc4)c3c1N2c1nc(-c2ccccc2)c2ccccc2n1. The summed E-state index contributed by atoms with van der Waals surface area (Å²) in [6.07, 6.45) is 4.63. The maximum absolute atomic E-state index is 5.43. The average Bonchev–Trinajstić information content (AvgIpc) is 3.65. The van der Waals surface area contributed by atoms with Crippen LogP contribution in [0.15, 0.2) is 152 Å². The highest BCUT2D eigenvalue weighted by Crippen LogP contribution is 2.55. The number of rotatable bonds is 3. The van der Waals surface area contributed by atoms with Crippen molar-refractivity contribution in [1.82, 2.24) is 14.5 Å². The Kier molecular flexibility index (Phi) is 5.37. The maximum Gasteiger partial charge on any atom is 0.231 e. The van der Waals surface area contributed by atoms with E-state index < -0.39 is 0 Å². The van der Waals surface area contributed by atoms with Gasteiger partial charge in [-0.1, -0.05) is 133 Å². The molecule has 216 valence electrons. The fourth-order valence-corrected chi connectivity index (χ4v) is 7.81. The van der Waals surface area contributed by atoms with E-state index in [9.17, 15) is 0 Å². The van der Waals surface area contributed by atoms with Gasteiger partial charge in [0.1, 0.15) is 0 Å². The molecule has 0 spiro atoms. The van der Waals surface area contributed by atoms with Crippen LogP contribution < -0.4 is 4.90 Å². The molecule has 10 rings (SSSR count). The van der Waals surface area contributed by atoms with Gasteiger partial charge in [0.05, 0.1) is 34.0 Å². The molecule has 0 fully saturated rings. The number of aromatic nitrogens is 3. The number of hydrogen-bond donors (Lipinski definition) is 0. The summed E-state index contributed by atoms with van der Waals surface area (Å²) in [7, 11) is 0. The molecule has 2 aliphatic rings. The zero-order valence-electron chi connectivity index (χ0n) is 25.0. The third kappa shape index (κ3) is 3.55. The summed E-state index contributed by atoms with van der Waals surface area (Å²) in [5.41, 5.74) is 11.5. The van der Waals surface area contributed by atoms with E-state index in [-0.39, 0.29) is 12.0 Å². The van der Waals surface area contributed by atoms with Crippen molar-refractivity contribution < 1.29 is 0 Å². The molecular weight excluding hydrogens is 560 g/mol. The van der Waals surface area contributed by atoms with Gasteiger partial charge < -0.3 is 9.47 Å². The van der Waals surface area contributed by atoms with E-state index in [1.165, 1.54) is 44.2 Å². The van der Waals surface area contributed by atoms with Crippen LogP contribution in [-0.2, 0) is 0 Å². The molecule has 2 aromatic heterocycles. The summed E-state index contributed by atoms with van der Waals surface area (Å²) >= 11 is 0. The Bertz CT molecular complexity index is 2490. The van der Waals surface area contributed by atoms with Gasteiger partial charge in [-0.15, -0.1) is 0 Å². The van der Waals surface area contributed by atoms with Gasteiger partial charge in [0.15, 0.2) is 0 Å². The van der Waals surface area contributed by atoms with Crippen molar-refractivity contribution in [2.45, 2.75) is 12.0 Å². The average molecular weight is 589 g/mol. The van der Waals surface area contributed by atoms with Crippen LogP contribution in [0.25, 0.3) is 55.7 Å². The number of hydrogen-bond acceptors (Lipinski definition) is 3. The minimum atomic E-state index is 0.0162. The molecule has 0 N–H and O–H groups in total. The lowest BCUT2D eigenvalue weighted by atomic mass is 9.81. The standard InChI is InChI=1S/C42H28N4/c1-3-14-28(15-4-1)39-33-20-9-11-21-35(33)43-42(44-39)46-37-26-23-27-13-7-8-18-30(27)38(37)34-25-24-32-31-19-10-12-22-36(31)45(40(32)41(34)46)29-16-5-2-6-17-29/h1-26,37-38H. The van der Waals surface area contributed by atoms with Gasteiger partial charge in [0, 0.05) is 33.3 Å². The molecule has 4 nitrogen and oxygen atoms in total. The van der Waals surface area contributed by atoms with Crippen molar-refractivity contribution in [2.24, 2.45) is 0 Å². The number of anilines is 2. The van der Waals surface area contributed by atoms with E-state index in [4.69, 9.17) is 9.97 Å². The zero-order valence-corrected chi connectivity index (χ0v) is 25.0. The Labute approximate surface area is 266 Å². The van der Waals surface area contributed by atoms with Crippen LogP contribution in [0.2, 0.25) is 0 Å². The van der Waals surface area contributed by atoms with Crippen molar-refractivity contribution in [1.29, 1.82) is 0 Å². The topological polar surface area (TPSA) is 34.0 Å². The van der Waals surface area contributed by atoms with Crippen LogP contribution >= 0.6 is 0 Å². The second-order valence-electron chi connectivity index (χ2n) is 12.2. The maximum atomic E-state index is 5.43. The van der Waals surface area contributed by atoms with Crippen LogP contribution in [0.5, 0.6) is 0 Å². The molecule has 0 saturated carbocycles. The Morgan fingerprint density at radius 2 is 1.26 bits per heavy atom. The summed E-state index contributed by atoms with van der Waals surface area (Å²) in [6.45, 7) is 0. The van der Waals surface area contributed by atoms with Gasteiger partial charge in [-0.05, 0) is 41.0 Å². The van der Waals surface area contributed by atoms with Gasteiger partial charge in [-0.2, -0.15) is 0 Å². The molecular formula is C42H28N4. The third-order valence-corrected chi connectivity index (χ3v) is 9.73. The summed E-state index contributed by atoms with van der Waals surface area (Å²) in [5, 5.41) is 3.51. The van der Waals surface area contributed by atoms with E-state index in [2.05, 4.69) is 167 Å². The minimum absolute atomic E-state index is 0.0162. The molecule has 8 aromatic rings. The largest absolute Gasteiger partial charge is 0.307 e. The number of nitrogens with zero attached hydrogens (tertiary/aromatic N) is 4. The summed E-state index contributed by atoms with van der Waals surface area (Å²) in [5.74, 6) is 0.853. The van der Waals surface area contributed by atoms with Gasteiger partial charge in [-0.3, -0.25) is 0 Å². The van der Waals surface area contributed by atoms with E-state index >= 15 is 0 Å². The third-order valence-electron chi connectivity index (χ3n) is 9.73. The van der Waals surface area contributed by atoms with Gasteiger partial charge in [0.2, 0.25) is 5.95 Å². The summed E-state index contributed by atoms with van der Waals surface area (Å²) in [4.78, 5) is 13.2. The lowest BCUT2D eigenvalue weighted by Gasteiger charge is -2.30. The van der Waals surface area contributed by atoms with Gasteiger partial charge in [0.25, 0.3) is 0 Å². The highest BCUT2D eigenvalue weighted by atomic mass is 15.3. The van der Waals surface area contributed by atoms with Crippen LogP contribution in [0.1, 0.15) is 22.6 Å². The van der Waals surface area contributed by atoms with Crippen LogP contribution in [-0.4, -0.2) is 20.6 Å². The second kappa shape index (κ2) is 9.75. The molecule has 6 aromatic carbocycles. The number of fused-ring (bicyclic) bond motifs is 10. The fraction of sp³-hybridized carbons (Fsp3) is 0.0476. The Morgan fingerprint density at radius 1 is 0.543 bits per heavy atom. The quantitative estimate of drug-likeness (QED) is 0.206. The summed E-state index contributed by atoms with van der Waals surface area (Å²) < 4.78 is 2.43. The normalized spacial score (nSPS) is 16.6. The Morgan fingerprint density at radius 3 is 2.13 bits per heavy atom. The van der Waals surface area contributed by atoms with Crippen LogP contribution in [0.4, 0.5) is 11.6 Å². The first-order valence-electron chi connectivity index (χ1n) is 15.9. The fourth-order valence-electron chi connectivity index (χ4n) is 7.81. The molecule has 1 aliphatic carbocycles. The lowest BCUT2D eigenvalue weighted by molar-refractivity contribution is 0.713. The first-order valence-corrected chi connectivity index (χ1v) is 15.9. The zero-order chi connectivity index (χ0) is 30.2. The van der Waals surface area contributed by atoms with Crippen molar-refractivity contribution in [2.75, 3.05) is 4.90 Å². The monoisotopic (exact) mass is 588 g/mol. The number of para-hydroxylation sites is 3. The molecule has 2 atom stereocenters. The molecule has 46 heavy (non-hydrogen) atoms. The lowest BCUT2D eigenvalue weighted by Crippen LogP contribution is -2.32. The molecule has 0 saturated heterocycles.